The first-order chi connectivity index (χ1) is 9.89. The number of aromatic nitrogens is 3. The standard InChI is InChI=1S/C15H24N4O2/c1-5-8-19-16-10-13(17-19)12-7-6-9-18(11-12)14(20)21-15(2,3)4/h5,10,12H,1,6-9,11H2,2-4H3. The van der Waals surface area contributed by atoms with Crippen LogP contribution in [0.1, 0.15) is 45.2 Å². The van der Waals surface area contributed by atoms with Crippen LogP contribution in [0, 0.1) is 0 Å². The molecule has 116 valence electrons. The van der Waals surface area contributed by atoms with Gasteiger partial charge < -0.3 is 9.64 Å². The number of ether oxygens (including phenoxy) is 1. The summed E-state index contributed by atoms with van der Waals surface area (Å²) in [6, 6.07) is 0. The predicted molar refractivity (Wildman–Crippen MR) is 80.0 cm³/mol. The van der Waals surface area contributed by atoms with E-state index in [0.29, 0.717) is 13.1 Å². The van der Waals surface area contributed by atoms with Crippen molar-refractivity contribution in [2.24, 2.45) is 0 Å². The van der Waals surface area contributed by atoms with Crippen LogP contribution in [-0.2, 0) is 11.3 Å². The molecule has 2 rings (SSSR count). The zero-order valence-electron chi connectivity index (χ0n) is 13.1. The zero-order valence-corrected chi connectivity index (χ0v) is 13.1. The second-order valence-electron chi connectivity index (χ2n) is 6.38. The van der Waals surface area contributed by atoms with E-state index in [9.17, 15) is 4.79 Å². The Balaban J connectivity index is 1.99. The first kappa shape index (κ1) is 15.5. The van der Waals surface area contributed by atoms with Crippen LogP contribution < -0.4 is 0 Å². The van der Waals surface area contributed by atoms with Crippen molar-refractivity contribution < 1.29 is 9.53 Å². The summed E-state index contributed by atoms with van der Waals surface area (Å²) in [7, 11) is 0. The van der Waals surface area contributed by atoms with Gasteiger partial charge >= 0.3 is 6.09 Å². The summed E-state index contributed by atoms with van der Waals surface area (Å²) >= 11 is 0. The molecule has 1 atom stereocenters. The van der Waals surface area contributed by atoms with Gasteiger partial charge in [0.1, 0.15) is 5.60 Å². The van der Waals surface area contributed by atoms with Gasteiger partial charge in [0.05, 0.1) is 18.4 Å². The molecule has 1 aromatic rings. The molecule has 6 nitrogen and oxygen atoms in total. The van der Waals surface area contributed by atoms with Gasteiger partial charge in [0.2, 0.25) is 0 Å². The molecule has 1 aliphatic heterocycles. The number of hydrogen-bond acceptors (Lipinski definition) is 4. The van der Waals surface area contributed by atoms with Gasteiger partial charge in [-0.25, -0.2) is 4.79 Å². The zero-order chi connectivity index (χ0) is 15.5. The maximum Gasteiger partial charge on any atom is 0.410 e. The van der Waals surface area contributed by atoms with Gasteiger partial charge in [-0.3, -0.25) is 0 Å². The summed E-state index contributed by atoms with van der Waals surface area (Å²) in [5, 5.41) is 8.66. The number of rotatable bonds is 3. The van der Waals surface area contributed by atoms with Crippen LogP contribution in [0.3, 0.4) is 0 Å². The van der Waals surface area contributed by atoms with Gasteiger partial charge in [-0.15, -0.1) is 6.58 Å². The van der Waals surface area contributed by atoms with Crippen molar-refractivity contribution in [3.8, 4) is 0 Å². The van der Waals surface area contributed by atoms with E-state index in [4.69, 9.17) is 4.74 Å². The van der Waals surface area contributed by atoms with Crippen molar-refractivity contribution >= 4 is 6.09 Å². The van der Waals surface area contributed by atoms with Crippen LogP contribution in [0.2, 0.25) is 0 Å². The lowest BCUT2D eigenvalue weighted by molar-refractivity contribution is 0.0197. The number of nitrogens with zero attached hydrogens (tertiary/aromatic N) is 4. The minimum atomic E-state index is -0.461. The molecule has 2 heterocycles. The Morgan fingerprint density at radius 2 is 2.33 bits per heavy atom. The van der Waals surface area contributed by atoms with Crippen LogP contribution in [0.4, 0.5) is 4.79 Å². The normalized spacial score (nSPS) is 19.4. The van der Waals surface area contributed by atoms with Crippen molar-refractivity contribution in [3.05, 3.63) is 24.5 Å². The van der Waals surface area contributed by atoms with Crippen molar-refractivity contribution in [1.29, 1.82) is 0 Å². The first-order valence-corrected chi connectivity index (χ1v) is 7.38. The van der Waals surface area contributed by atoms with Crippen LogP contribution in [0.5, 0.6) is 0 Å². The second kappa shape index (κ2) is 6.28. The van der Waals surface area contributed by atoms with Crippen LogP contribution >= 0.6 is 0 Å². The molecule has 0 saturated carbocycles. The molecule has 0 N–H and O–H groups in total. The molecule has 1 unspecified atom stereocenters. The molecule has 0 spiro atoms. The Morgan fingerprint density at radius 3 is 3.00 bits per heavy atom. The third-order valence-corrected chi connectivity index (χ3v) is 3.34. The summed E-state index contributed by atoms with van der Waals surface area (Å²) in [6.07, 6.45) is 5.28. The summed E-state index contributed by atoms with van der Waals surface area (Å²) in [6.45, 7) is 11.3. The lowest BCUT2D eigenvalue weighted by atomic mass is 9.96. The number of amides is 1. The predicted octanol–water partition coefficient (Wildman–Crippen LogP) is 2.58. The molecule has 0 radical (unpaired) electrons. The van der Waals surface area contributed by atoms with E-state index in [1.165, 1.54) is 0 Å². The fourth-order valence-corrected chi connectivity index (χ4v) is 2.41. The maximum atomic E-state index is 12.1. The SMILES string of the molecule is C=CCn1ncc(C2CCCN(C(=O)OC(C)(C)C)C2)n1. The molecule has 6 heteroatoms. The Hall–Kier alpha value is -1.85. The van der Waals surface area contributed by atoms with Gasteiger partial charge in [-0.2, -0.15) is 15.0 Å². The summed E-state index contributed by atoms with van der Waals surface area (Å²) in [5.74, 6) is 0.227. The van der Waals surface area contributed by atoms with Gasteiger partial charge in [-0.1, -0.05) is 6.08 Å². The average molecular weight is 292 g/mol. The highest BCUT2D eigenvalue weighted by molar-refractivity contribution is 5.68. The van der Waals surface area contributed by atoms with E-state index < -0.39 is 5.60 Å². The molecule has 21 heavy (non-hydrogen) atoms. The quantitative estimate of drug-likeness (QED) is 0.803. The minimum Gasteiger partial charge on any atom is -0.444 e. The minimum absolute atomic E-state index is 0.227. The largest absolute Gasteiger partial charge is 0.444 e. The second-order valence-corrected chi connectivity index (χ2v) is 6.38. The van der Waals surface area contributed by atoms with Gasteiger partial charge in [0.25, 0.3) is 0 Å². The maximum absolute atomic E-state index is 12.1. The number of likely N-dealkylation sites (tertiary alicyclic amines) is 1. The van der Waals surface area contributed by atoms with Crippen molar-refractivity contribution in [2.75, 3.05) is 13.1 Å². The van der Waals surface area contributed by atoms with Crippen LogP contribution in [-0.4, -0.2) is 44.7 Å². The molecule has 1 fully saturated rings. The Morgan fingerprint density at radius 1 is 1.57 bits per heavy atom. The molecular formula is C15H24N4O2. The lowest BCUT2D eigenvalue weighted by Crippen LogP contribution is -2.42. The van der Waals surface area contributed by atoms with E-state index in [0.717, 1.165) is 25.1 Å². The molecule has 0 aliphatic carbocycles. The highest BCUT2D eigenvalue weighted by atomic mass is 16.6. The van der Waals surface area contributed by atoms with Crippen molar-refractivity contribution in [2.45, 2.75) is 51.7 Å². The van der Waals surface area contributed by atoms with E-state index in [1.54, 1.807) is 22.0 Å². The molecule has 0 aromatic carbocycles. The molecule has 0 bridgehead atoms. The fraction of sp³-hybridized carbons (Fsp3) is 0.667. The van der Waals surface area contributed by atoms with Crippen LogP contribution in [0.25, 0.3) is 0 Å². The molecule has 1 amide bonds. The fourth-order valence-electron chi connectivity index (χ4n) is 2.41. The Labute approximate surface area is 125 Å². The van der Waals surface area contributed by atoms with Crippen molar-refractivity contribution in [1.82, 2.24) is 19.9 Å². The number of allylic oxidation sites excluding steroid dienone is 1. The van der Waals surface area contributed by atoms with Gasteiger partial charge in [-0.05, 0) is 33.6 Å². The summed E-state index contributed by atoms with van der Waals surface area (Å²) in [5.41, 5.74) is 0.474. The van der Waals surface area contributed by atoms with E-state index >= 15 is 0 Å². The van der Waals surface area contributed by atoms with Gasteiger partial charge in [0.15, 0.2) is 0 Å². The number of hydrogen-bond donors (Lipinski definition) is 0. The van der Waals surface area contributed by atoms with E-state index in [-0.39, 0.29) is 12.0 Å². The number of piperidine rings is 1. The third kappa shape index (κ3) is 4.31. The summed E-state index contributed by atoms with van der Waals surface area (Å²) in [4.78, 5) is 15.5. The molecule has 1 aliphatic rings. The summed E-state index contributed by atoms with van der Waals surface area (Å²) < 4.78 is 5.44. The molecule has 1 aromatic heterocycles. The Bertz CT molecular complexity index is 504. The average Bonchev–Trinajstić information content (AvgIpc) is 2.86. The smallest absolute Gasteiger partial charge is 0.410 e. The van der Waals surface area contributed by atoms with Gasteiger partial charge in [0, 0.05) is 19.0 Å². The number of carbonyl (C=O) groups is 1. The van der Waals surface area contributed by atoms with Crippen LogP contribution in [0.15, 0.2) is 18.9 Å². The highest BCUT2D eigenvalue weighted by Crippen LogP contribution is 2.26. The van der Waals surface area contributed by atoms with E-state index in [2.05, 4.69) is 16.8 Å². The molecule has 1 saturated heterocycles. The Kier molecular flexibility index (Phi) is 4.65. The third-order valence-electron chi connectivity index (χ3n) is 3.34. The topological polar surface area (TPSA) is 60.2 Å². The van der Waals surface area contributed by atoms with E-state index in [1.807, 2.05) is 20.8 Å². The number of carbonyl (C=O) groups excluding carboxylic acids is 1. The molecular weight excluding hydrogens is 268 g/mol. The highest BCUT2D eigenvalue weighted by Gasteiger charge is 2.29. The van der Waals surface area contributed by atoms with Crippen molar-refractivity contribution in [3.63, 3.8) is 0 Å². The monoisotopic (exact) mass is 292 g/mol. The lowest BCUT2D eigenvalue weighted by Gasteiger charge is -2.33. The first-order valence-electron chi connectivity index (χ1n) is 7.38.